The van der Waals surface area contributed by atoms with E-state index < -0.39 is 11.4 Å². The molecule has 2 aromatic carbocycles. The van der Waals surface area contributed by atoms with Crippen LogP contribution in [-0.4, -0.2) is 51.2 Å². The van der Waals surface area contributed by atoms with Crippen LogP contribution in [0.4, 0.5) is 4.39 Å². The topological polar surface area (TPSA) is 78.5 Å². The minimum absolute atomic E-state index is 0.000182. The molecule has 1 saturated heterocycles. The maximum atomic E-state index is 13.2. The molecule has 134 valence electrons. The number of hydrogen-bond acceptors (Lipinski definition) is 4. The maximum absolute atomic E-state index is 13.2. The molecule has 4 rings (SSSR count). The number of fused-ring (bicyclic) bond motifs is 1. The van der Waals surface area contributed by atoms with Crippen LogP contribution in [0.5, 0.6) is 5.75 Å². The van der Waals surface area contributed by atoms with E-state index in [4.69, 9.17) is 4.74 Å². The van der Waals surface area contributed by atoms with E-state index in [0.29, 0.717) is 24.3 Å². The van der Waals surface area contributed by atoms with Gasteiger partial charge in [-0.3, -0.25) is 4.79 Å². The fourth-order valence-electron chi connectivity index (χ4n) is 3.17. The number of aromatic nitrogens is 2. The number of aliphatic hydroxyl groups is 1. The van der Waals surface area contributed by atoms with E-state index >= 15 is 0 Å². The smallest absolute Gasteiger partial charge is 0.254 e. The molecule has 0 spiro atoms. The second-order valence-corrected chi connectivity index (χ2v) is 6.58. The summed E-state index contributed by atoms with van der Waals surface area (Å²) < 4.78 is 18.7. The number of nitrogens with one attached hydrogen (secondary N) is 1. The van der Waals surface area contributed by atoms with Gasteiger partial charge in [-0.2, -0.15) is 0 Å². The first-order valence-corrected chi connectivity index (χ1v) is 8.36. The van der Waals surface area contributed by atoms with Crippen molar-refractivity contribution < 1.29 is 19.0 Å². The molecule has 1 atom stereocenters. The normalized spacial score (nSPS) is 19.8. The Bertz CT molecular complexity index is 958. The molecule has 0 unspecified atom stereocenters. The molecule has 7 heteroatoms. The summed E-state index contributed by atoms with van der Waals surface area (Å²) in [4.78, 5) is 21.4. The molecule has 0 bridgehead atoms. The fourth-order valence-corrected chi connectivity index (χ4v) is 3.17. The molecule has 1 aliphatic rings. The van der Waals surface area contributed by atoms with Gasteiger partial charge in [-0.15, -0.1) is 0 Å². The van der Waals surface area contributed by atoms with Gasteiger partial charge >= 0.3 is 0 Å². The van der Waals surface area contributed by atoms with E-state index in [1.165, 1.54) is 12.1 Å². The van der Waals surface area contributed by atoms with E-state index in [-0.39, 0.29) is 19.1 Å². The number of rotatable bonds is 4. The standard InChI is InChI=1S/C19H18FN3O3/c20-14-2-1-3-15(9-14)26-11-19(25)6-7-23(10-19)18(24)13-4-5-16-17(8-13)22-12-21-16/h1-5,8-9,12,25H,6-7,10-11H2,(H,21,22)/t19-/m0/s1. The molecule has 6 nitrogen and oxygen atoms in total. The van der Waals surface area contributed by atoms with Crippen LogP contribution in [0, 0.1) is 5.82 Å². The van der Waals surface area contributed by atoms with Crippen molar-refractivity contribution in [1.82, 2.24) is 14.9 Å². The number of nitrogens with zero attached hydrogens (tertiary/aromatic N) is 2. The lowest BCUT2D eigenvalue weighted by Gasteiger charge is -2.23. The summed E-state index contributed by atoms with van der Waals surface area (Å²) in [6.07, 6.45) is 1.98. The molecule has 2 N–H and O–H groups in total. The number of likely N-dealkylation sites (tertiary alicyclic amines) is 1. The van der Waals surface area contributed by atoms with Crippen molar-refractivity contribution in [1.29, 1.82) is 0 Å². The zero-order chi connectivity index (χ0) is 18.1. The van der Waals surface area contributed by atoms with E-state index in [0.717, 1.165) is 11.0 Å². The van der Waals surface area contributed by atoms with Crippen LogP contribution in [0.3, 0.4) is 0 Å². The first-order valence-electron chi connectivity index (χ1n) is 8.36. The summed E-state index contributed by atoms with van der Waals surface area (Å²) in [7, 11) is 0. The number of aromatic amines is 1. The van der Waals surface area contributed by atoms with Crippen molar-refractivity contribution in [3.8, 4) is 5.75 Å². The summed E-state index contributed by atoms with van der Waals surface area (Å²) in [5.74, 6) is -0.192. The van der Waals surface area contributed by atoms with Crippen molar-refractivity contribution in [2.75, 3.05) is 19.7 Å². The van der Waals surface area contributed by atoms with Crippen LogP contribution in [0.2, 0.25) is 0 Å². The molecule has 0 aliphatic carbocycles. The Morgan fingerprint density at radius 3 is 3.08 bits per heavy atom. The number of halogens is 1. The summed E-state index contributed by atoms with van der Waals surface area (Å²) in [6, 6.07) is 11.0. The lowest BCUT2D eigenvalue weighted by molar-refractivity contribution is 0.00423. The third-order valence-electron chi connectivity index (χ3n) is 4.59. The van der Waals surface area contributed by atoms with Gasteiger partial charge in [-0.05, 0) is 36.8 Å². The molecule has 1 amide bonds. The predicted octanol–water partition coefficient (Wildman–Crippen LogP) is 2.36. The first kappa shape index (κ1) is 16.5. The van der Waals surface area contributed by atoms with Gasteiger partial charge in [-0.1, -0.05) is 6.07 Å². The maximum Gasteiger partial charge on any atom is 0.254 e. The SMILES string of the molecule is O=C(c1ccc2nc[nH]c2c1)N1CC[C@@](O)(COc2cccc(F)c2)C1. The lowest BCUT2D eigenvalue weighted by atomic mass is 10.1. The van der Waals surface area contributed by atoms with Gasteiger partial charge in [0.05, 0.1) is 23.9 Å². The summed E-state index contributed by atoms with van der Waals surface area (Å²) in [6.45, 7) is 0.602. The average molecular weight is 355 g/mol. The molecular formula is C19H18FN3O3. The van der Waals surface area contributed by atoms with Crippen molar-refractivity contribution in [3.63, 3.8) is 0 Å². The van der Waals surface area contributed by atoms with Gasteiger partial charge in [0, 0.05) is 18.2 Å². The zero-order valence-electron chi connectivity index (χ0n) is 14.0. The van der Waals surface area contributed by atoms with Crippen molar-refractivity contribution in [3.05, 3.63) is 60.2 Å². The largest absolute Gasteiger partial charge is 0.490 e. The second kappa shape index (κ2) is 6.42. The van der Waals surface area contributed by atoms with E-state index in [2.05, 4.69) is 9.97 Å². The fraction of sp³-hybridized carbons (Fsp3) is 0.263. The van der Waals surface area contributed by atoms with Gasteiger partial charge in [0.1, 0.15) is 23.8 Å². The monoisotopic (exact) mass is 355 g/mol. The van der Waals surface area contributed by atoms with Crippen LogP contribution < -0.4 is 4.74 Å². The molecule has 0 saturated carbocycles. The number of carbonyl (C=O) groups excluding carboxylic acids is 1. The Morgan fingerprint density at radius 2 is 2.23 bits per heavy atom. The van der Waals surface area contributed by atoms with Crippen LogP contribution >= 0.6 is 0 Å². The summed E-state index contributed by atoms with van der Waals surface area (Å²) >= 11 is 0. The highest BCUT2D eigenvalue weighted by Crippen LogP contribution is 2.25. The highest BCUT2D eigenvalue weighted by atomic mass is 19.1. The van der Waals surface area contributed by atoms with Gasteiger partial charge in [0.2, 0.25) is 0 Å². The molecule has 1 aliphatic heterocycles. The van der Waals surface area contributed by atoms with Gasteiger partial charge in [-0.25, -0.2) is 9.37 Å². The van der Waals surface area contributed by atoms with Crippen LogP contribution in [0.1, 0.15) is 16.8 Å². The number of β-amino-alcohol motifs (C(OH)–C–C–N with tert-alkyl or cyclic N) is 1. The van der Waals surface area contributed by atoms with Crippen molar-refractivity contribution in [2.45, 2.75) is 12.0 Å². The van der Waals surface area contributed by atoms with Crippen LogP contribution in [-0.2, 0) is 0 Å². The summed E-state index contributed by atoms with van der Waals surface area (Å²) in [5, 5.41) is 10.7. The number of benzene rings is 2. The number of imidazole rings is 1. The van der Waals surface area contributed by atoms with E-state index in [9.17, 15) is 14.3 Å². The van der Waals surface area contributed by atoms with Crippen LogP contribution in [0.15, 0.2) is 48.8 Å². The number of amides is 1. The molecule has 2 heterocycles. The van der Waals surface area contributed by atoms with Gasteiger partial charge in [0.15, 0.2) is 0 Å². The number of ether oxygens (including phenoxy) is 1. The minimum Gasteiger partial charge on any atom is -0.490 e. The Kier molecular flexibility index (Phi) is 4.08. The van der Waals surface area contributed by atoms with Crippen LogP contribution in [0.25, 0.3) is 11.0 Å². The highest BCUT2D eigenvalue weighted by molar-refractivity contribution is 5.97. The Labute approximate surface area is 149 Å². The quantitative estimate of drug-likeness (QED) is 0.753. The molecular weight excluding hydrogens is 337 g/mol. The minimum atomic E-state index is -1.15. The number of carbonyl (C=O) groups is 1. The average Bonchev–Trinajstić information content (AvgIpc) is 3.26. The van der Waals surface area contributed by atoms with Crippen molar-refractivity contribution >= 4 is 16.9 Å². The highest BCUT2D eigenvalue weighted by Gasteiger charge is 2.39. The molecule has 1 aromatic heterocycles. The molecule has 26 heavy (non-hydrogen) atoms. The molecule has 3 aromatic rings. The van der Waals surface area contributed by atoms with E-state index in [1.54, 1.807) is 41.6 Å². The Morgan fingerprint density at radius 1 is 1.35 bits per heavy atom. The van der Waals surface area contributed by atoms with Gasteiger partial charge in [0.25, 0.3) is 5.91 Å². The first-order chi connectivity index (χ1) is 12.5. The third kappa shape index (κ3) is 3.25. The Hall–Kier alpha value is -2.93. The zero-order valence-corrected chi connectivity index (χ0v) is 14.0. The molecule has 1 fully saturated rings. The van der Waals surface area contributed by atoms with E-state index in [1.807, 2.05) is 0 Å². The Balaban J connectivity index is 1.42. The summed E-state index contributed by atoms with van der Waals surface area (Å²) in [5.41, 5.74) is 0.972. The third-order valence-corrected chi connectivity index (χ3v) is 4.59. The number of H-pyrrole nitrogens is 1. The van der Waals surface area contributed by atoms with Crippen molar-refractivity contribution in [2.24, 2.45) is 0 Å². The predicted molar refractivity (Wildman–Crippen MR) is 93.5 cm³/mol. The second-order valence-electron chi connectivity index (χ2n) is 6.58. The molecule has 0 radical (unpaired) electrons. The number of hydrogen-bond donors (Lipinski definition) is 2. The lowest BCUT2D eigenvalue weighted by Crippen LogP contribution is -2.40. The van der Waals surface area contributed by atoms with Gasteiger partial charge < -0.3 is 19.7 Å².